The summed E-state index contributed by atoms with van der Waals surface area (Å²) in [5.74, 6) is -2.56. The summed E-state index contributed by atoms with van der Waals surface area (Å²) >= 11 is 0. The quantitative estimate of drug-likeness (QED) is 0.781. The first kappa shape index (κ1) is 18.5. The first-order valence-electron chi connectivity index (χ1n) is 8.30. The molecule has 0 radical (unpaired) electrons. The lowest BCUT2D eigenvalue weighted by molar-refractivity contribution is -0.130. The van der Waals surface area contributed by atoms with E-state index in [-0.39, 0.29) is 17.4 Å². The van der Waals surface area contributed by atoms with Crippen molar-refractivity contribution in [2.24, 2.45) is 0 Å². The Bertz CT molecular complexity index is 865. The molecule has 1 fully saturated rings. The SMILES string of the molecule is COC(=O)c1cccc(C(=O)OC(C(=O)NC2CC2)c2ccc(F)cc2)n1. The van der Waals surface area contributed by atoms with Crippen molar-refractivity contribution in [3.05, 3.63) is 65.2 Å². The number of carbonyl (C=O) groups excluding carboxylic acids is 3. The van der Waals surface area contributed by atoms with Crippen LogP contribution in [0.1, 0.15) is 45.5 Å². The Labute approximate surface area is 154 Å². The average molecular weight is 372 g/mol. The molecule has 1 aliphatic carbocycles. The Morgan fingerprint density at radius 2 is 1.70 bits per heavy atom. The van der Waals surface area contributed by atoms with Gasteiger partial charge in [-0.05, 0) is 37.1 Å². The van der Waals surface area contributed by atoms with Crippen LogP contribution in [0.5, 0.6) is 0 Å². The van der Waals surface area contributed by atoms with Crippen LogP contribution in [-0.2, 0) is 14.3 Å². The van der Waals surface area contributed by atoms with Gasteiger partial charge in [0.25, 0.3) is 5.91 Å². The lowest BCUT2D eigenvalue weighted by Crippen LogP contribution is -2.33. The summed E-state index contributed by atoms with van der Waals surface area (Å²) in [7, 11) is 1.20. The third kappa shape index (κ3) is 4.66. The standard InChI is InChI=1S/C19H17FN2O5/c1-26-18(24)14-3-2-4-15(22-14)19(25)27-16(17(23)21-13-9-10-13)11-5-7-12(20)8-6-11/h2-8,13,16H,9-10H2,1H3,(H,21,23). The summed E-state index contributed by atoms with van der Waals surface area (Å²) in [4.78, 5) is 40.4. The maximum Gasteiger partial charge on any atom is 0.358 e. The lowest BCUT2D eigenvalue weighted by atomic mass is 10.1. The van der Waals surface area contributed by atoms with Crippen LogP contribution in [0.25, 0.3) is 0 Å². The Balaban J connectivity index is 1.82. The molecule has 1 heterocycles. The van der Waals surface area contributed by atoms with Crippen molar-refractivity contribution >= 4 is 17.8 Å². The van der Waals surface area contributed by atoms with Crippen molar-refractivity contribution in [3.63, 3.8) is 0 Å². The smallest absolute Gasteiger partial charge is 0.358 e. The van der Waals surface area contributed by atoms with Crippen molar-refractivity contribution in [1.82, 2.24) is 10.3 Å². The number of benzene rings is 1. The molecular weight excluding hydrogens is 355 g/mol. The molecule has 1 aromatic heterocycles. The lowest BCUT2D eigenvalue weighted by Gasteiger charge is -2.18. The number of amides is 1. The zero-order valence-corrected chi connectivity index (χ0v) is 14.5. The van der Waals surface area contributed by atoms with Gasteiger partial charge in [0, 0.05) is 11.6 Å². The fourth-order valence-corrected chi connectivity index (χ4v) is 2.35. The van der Waals surface area contributed by atoms with Gasteiger partial charge in [-0.2, -0.15) is 0 Å². The molecule has 27 heavy (non-hydrogen) atoms. The number of halogens is 1. The highest BCUT2D eigenvalue weighted by Crippen LogP contribution is 2.24. The van der Waals surface area contributed by atoms with E-state index in [4.69, 9.17) is 4.74 Å². The number of methoxy groups -OCH3 is 1. The van der Waals surface area contributed by atoms with Gasteiger partial charge >= 0.3 is 11.9 Å². The summed E-state index contributed by atoms with van der Waals surface area (Å²) in [5.41, 5.74) is 0.115. The third-order valence-electron chi connectivity index (χ3n) is 3.91. The van der Waals surface area contributed by atoms with E-state index >= 15 is 0 Å². The van der Waals surface area contributed by atoms with Crippen LogP contribution in [-0.4, -0.2) is 36.0 Å². The minimum absolute atomic E-state index is 0.0555. The van der Waals surface area contributed by atoms with E-state index in [9.17, 15) is 18.8 Å². The number of pyridine rings is 1. The third-order valence-corrected chi connectivity index (χ3v) is 3.91. The molecule has 2 aromatic rings. The maximum absolute atomic E-state index is 13.2. The van der Waals surface area contributed by atoms with Gasteiger partial charge in [0.1, 0.15) is 17.2 Å². The Hall–Kier alpha value is -3.29. The molecule has 1 unspecified atom stereocenters. The summed E-state index contributed by atoms with van der Waals surface area (Å²) < 4.78 is 23.1. The van der Waals surface area contributed by atoms with Crippen molar-refractivity contribution in [1.29, 1.82) is 0 Å². The second kappa shape index (κ2) is 7.94. The molecule has 8 heteroatoms. The van der Waals surface area contributed by atoms with Crippen LogP contribution in [0.4, 0.5) is 4.39 Å². The van der Waals surface area contributed by atoms with Crippen LogP contribution in [0.3, 0.4) is 0 Å². The molecule has 140 valence electrons. The van der Waals surface area contributed by atoms with Crippen molar-refractivity contribution < 1.29 is 28.2 Å². The fraction of sp³-hybridized carbons (Fsp3) is 0.263. The first-order chi connectivity index (χ1) is 13.0. The predicted octanol–water partition coefficient (Wildman–Crippen LogP) is 2.18. The highest BCUT2D eigenvalue weighted by atomic mass is 19.1. The fourth-order valence-electron chi connectivity index (χ4n) is 2.35. The zero-order valence-electron chi connectivity index (χ0n) is 14.5. The van der Waals surface area contributed by atoms with E-state index in [0.29, 0.717) is 5.56 Å². The largest absolute Gasteiger partial charge is 0.464 e. The van der Waals surface area contributed by atoms with Gasteiger partial charge in [0.15, 0.2) is 0 Å². The van der Waals surface area contributed by atoms with Crippen molar-refractivity contribution in [2.45, 2.75) is 25.0 Å². The molecule has 1 atom stereocenters. The topological polar surface area (TPSA) is 94.6 Å². The van der Waals surface area contributed by atoms with Gasteiger partial charge in [-0.1, -0.05) is 18.2 Å². The van der Waals surface area contributed by atoms with E-state index in [1.54, 1.807) is 0 Å². The molecule has 3 rings (SSSR count). The van der Waals surface area contributed by atoms with Crippen LogP contribution >= 0.6 is 0 Å². The predicted molar refractivity (Wildman–Crippen MR) is 91.3 cm³/mol. The van der Waals surface area contributed by atoms with Crippen LogP contribution < -0.4 is 5.32 Å². The van der Waals surface area contributed by atoms with Crippen LogP contribution in [0.2, 0.25) is 0 Å². The summed E-state index contributed by atoms with van der Waals surface area (Å²) in [6.45, 7) is 0. The van der Waals surface area contributed by atoms with Crippen LogP contribution in [0.15, 0.2) is 42.5 Å². The van der Waals surface area contributed by atoms with Crippen molar-refractivity contribution in [2.75, 3.05) is 7.11 Å². The maximum atomic E-state index is 13.2. The number of ether oxygens (including phenoxy) is 2. The number of aromatic nitrogens is 1. The van der Waals surface area contributed by atoms with Gasteiger partial charge in [0.2, 0.25) is 6.10 Å². The highest BCUT2D eigenvalue weighted by Gasteiger charge is 2.31. The number of carbonyl (C=O) groups is 3. The van der Waals surface area contributed by atoms with Gasteiger partial charge < -0.3 is 14.8 Å². The minimum Gasteiger partial charge on any atom is -0.464 e. The number of nitrogens with one attached hydrogen (secondary N) is 1. The molecule has 0 spiro atoms. The van der Waals surface area contributed by atoms with Crippen molar-refractivity contribution in [3.8, 4) is 0 Å². The van der Waals surface area contributed by atoms with Gasteiger partial charge in [-0.25, -0.2) is 19.0 Å². The number of nitrogens with zero attached hydrogens (tertiary/aromatic N) is 1. The average Bonchev–Trinajstić information content (AvgIpc) is 3.50. The zero-order chi connectivity index (χ0) is 19.4. The molecule has 1 amide bonds. The molecule has 1 aliphatic rings. The summed E-state index contributed by atoms with van der Waals surface area (Å²) in [5, 5.41) is 2.76. The van der Waals surface area contributed by atoms with Gasteiger partial charge in [-0.3, -0.25) is 4.79 Å². The monoisotopic (exact) mass is 372 g/mol. The molecule has 1 N–H and O–H groups in total. The molecule has 7 nitrogen and oxygen atoms in total. The Morgan fingerprint density at radius 3 is 2.30 bits per heavy atom. The van der Waals surface area contributed by atoms with E-state index in [1.807, 2.05) is 0 Å². The molecule has 0 aliphatic heterocycles. The number of rotatable bonds is 6. The number of hydrogen-bond donors (Lipinski definition) is 1. The van der Waals surface area contributed by atoms with E-state index in [1.165, 1.54) is 49.6 Å². The highest BCUT2D eigenvalue weighted by molar-refractivity contribution is 5.93. The normalized spacial score (nSPS) is 14.1. The first-order valence-corrected chi connectivity index (χ1v) is 8.30. The van der Waals surface area contributed by atoms with Gasteiger partial charge in [-0.15, -0.1) is 0 Å². The van der Waals surface area contributed by atoms with E-state index < -0.39 is 29.8 Å². The molecular formula is C19H17FN2O5. The molecule has 1 aromatic carbocycles. The Kier molecular flexibility index (Phi) is 5.44. The minimum atomic E-state index is -1.26. The summed E-state index contributed by atoms with van der Waals surface area (Å²) in [6, 6.07) is 9.35. The van der Waals surface area contributed by atoms with E-state index in [0.717, 1.165) is 12.8 Å². The molecule has 0 saturated heterocycles. The molecule has 1 saturated carbocycles. The number of esters is 2. The molecule has 0 bridgehead atoms. The summed E-state index contributed by atoms with van der Waals surface area (Å²) in [6.07, 6.45) is 0.458. The second-order valence-corrected chi connectivity index (χ2v) is 6.02. The van der Waals surface area contributed by atoms with Gasteiger partial charge in [0.05, 0.1) is 7.11 Å². The Morgan fingerprint density at radius 1 is 1.07 bits per heavy atom. The number of hydrogen-bond acceptors (Lipinski definition) is 6. The van der Waals surface area contributed by atoms with E-state index in [2.05, 4.69) is 15.0 Å². The second-order valence-electron chi connectivity index (χ2n) is 6.02. The van der Waals surface area contributed by atoms with Crippen LogP contribution in [0, 0.1) is 5.82 Å².